The van der Waals surface area contributed by atoms with Crippen LogP contribution in [-0.4, -0.2) is 39.3 Å². The Labute approximate surface area is 174 Å². The molecule has 1 aromatic heterocycles. The zero-order valence-electron chi connectivity index (χ0n) is 15.9. The molecule has 0 radical (unpaired) electrons. The van der Waals surface area contributed by atoms with E-state index < -0.39 is 23.1 Å². The molecular weight excluding hydrogens is 406 g/mol. The van der Waals surface area contributed by atoms with Gasteiger partial charge in [-0.15, -0.1) is 11.8 Å². The Morgan fingerprint density at radius 3 is 2.57 bits per heavy atom. The van der Waals surface area contributed by atoms with E-state index in [1.54, 1.807) is 31.3 Å². The van der Waals surface area contributed by atoms with Crippen molar-refractivity contribution in [3.05, 3.63) is 86.6 Å². The number of aliphatic carboxylic acids is 1. The molecule has 0 bridgehead atoms. The standard InChI is InChI=1S/C21H17N3O5S/c1-23(13-7-3-2-4-8-13)18(25)12-6-5-9-14(10-12)24-19(26)16-15(20(27)28)11-30-17(16)22-21(24)29/h2-10,15H,11H2,1H3,(H,22,29)(H,27,28). The summed E-state index contributed by atoms with van der Waals surface area (Å²) in [5, 5.41) is 9.68. The summed E-state index contributed by atoms with van der Waals surface area (Å²) < 4.78 is 0.875. The van der Waals surface area contributed by atoms with E-state index in [2.05, 4.69) is 4.98 Å². The first-order valence-electron chi connectivity index (χ1n) is 9.07. The fourth-order valence-corrected chi connectivity index (χ4v) is 4.56. The van der Waals surface area contributed by atoms with Crippen molar-refractivity contribution >= 4 is 29.3 Å². The molecule has 3 aromatic rings. The maximum Gasteiger partial charge on any atom is 0.333 e. The highest BCUT2D eigenvalue weighted by Gasteiger charge is 2.34. The van der Waals surface area contributed by atoms with Gasteiger partial charge in [-0.3, -0.25) is 14.4 Å². The Balaban J connectivity index is 1.78. The fourth-order valence-electron chi connectivity index (χ4n) is 3.37. The zero-order valence-corrected chi connectivity index (χ0v) is 16.7. The van der Waals surface area contributed by atoms with Gasteiger partial charge in [0.15, 0.2) is 0 Å². The second-order valence-corrected chi connectivity index (χ2v) is 7.80. The second kappa shape index (κ2) is 7.68. The van der Waals surface area contributed by atoms with Gasteiger partial charge >= 0.3 is 11.7 Å². The van der Waals surface area contributed by atoms with Crippen LogP contribution in [0.4, 0.5) is 5.69 Å². The number of thioether (sulfide) groups is 1. The normalized spacial score (nSPS) is 14.9. The first-order valence-corrected chi connectivity index (χ1v) is 10.1. The molecule has 2 aromatic carbocycles. The summed E-state index contributed by atoms with van der Waals surface area (Å²) in [5.41, 5.74) is -0.135. The van der Waals surface area contributed by atoms with Crippen LogP contribution in [0, 0.1) is 0 Å². The maximum atomic E-state index is 13.0. The third-order valence-electron chi connectivity index (χ3n) is 4.94. The number of anilines is 1. The lowest BCUT2D eigenvalue weighted by molar-refractivity contribution is -0.138. The highest BCUT2D eigenvalue weighted by Crippen LogP contribution is 2.35. The lowest BCUT2D eigenvalue weighted by Gasteiger charge is -2.18. The number of benzene rings is 2. The van der Waals surface area contributed by atoms with E-state index in [4.69, 9.17) is 0 Å². The predicted octanol–water partition coefficient (Wildman–Crippen LogP) is 2.08. The van der Waals surface area contributed by atoms with Crippen molar-refractivity contribution in [1.29, 1.82) is 0 Å². The number of carbonyl (C=O) groups excluding carboxylic acids is 1. The molecule has 1 amide bonds. The van der Waals surface area contributed by atoms with E-state index in [1.165, 1.54) is 17.0 Å². The van der Waals surface area contributed by atoms with Crippen LogP contribution in [0.1, 0.15) is 21.8 Å². The number of aromatic nitrogens is 2. The molecule has 2 N–H and O–H groups in total. The molecule has 0 fully saturated rings. The van der Waals surface area contributed by atoms with Gasteiger partial charge in [0.2, 0.25) is 0 Å². The highest BCUT2D eigenvalue weighted by molar-refractivity contribution is 7.99. The van der Waals surface area contributed by atoms with Gasteiger partial charge in [0.25, 0.3) is 11.5 Å². The summed E-state index contributed by atoms with van der Waals surface area (Å²) in [6, 6.07) is 15.2. The smallest absolute Gasteiger partial charge is 0.333 e. The molecule has 2 heterocycles. The number of para-hydroxylation sites is 1. The molecule has 30 heavy (non-hydrogen) atoms. The molecule has 0 saturated heterocycles. The third kappa shape index (κ3) is 3.33. The largest absolute Gasteiger partial charge is 0.481 e. The molecule has 0 spiro atoms. The SMILES string of the molecule is CN(C(=O)c1cccc(-n2c(=O)[nH]c3c(c2=O)C(C(=O)O)CS3)c1)c1ccccc1. The van der Waals surface area contributed by atoms with Crippen molar-refractivity contribution in [2.75, 3.05) is 17.7 Å². The number of aromatic amines is 1. The molecule has 1 atom stereocenters. The van der Waals surface area contributed by atoms with E-state index >= 15 is 0 Å². The van der Waals surface area contributed by atoms with Crippen LogP contribution < -0.4 is 16.1 Å². The Morgan fingerprint density at radius 1 is 1.13 bits per heavy atom. The molecule has 9 heteroatoms. The Hall–Kier alpha value is -3.59. The minimum absolute atomic E-state index is 0.0604. The van der Waals surface area contributed by atoms with Crippen LogP contribution in [0.25, 0.3) is 5.69 Å². The van der Waals surface area contributed by atoms with Gasteiger partial charge in [0, 0.05) is 24.1 Å². The average Bonchev–Trinajstić information content (AvgIpc) is 3.18. The summed E-state index contributed by atoms with van der Waals surface area (Å²) >= 11 is 1.14. The van der Waals surface area contributed by atoms with Crippen LogP contribution in [0.15, 0.2) is 69.2 Å². The van der Waals surface area contributed by atoms with Gasteiger partial charge in [-0.05, 0) is 30.3 Å². The van der Waals surface area contributed by atoms with Crippen LogP contribution in [0.2, 0.25) is 0 Å². The van der Waals surface area contributed by atoms with Crippen LogP contribution in [0.5, 0.6) is 0 Å². The van der Waals surface area contributed by atoms with E-state index in [-0.39, 0.29) is 33.5 Å². The number of carboxylic acid groups (broad SMARTS) is 1. The minimum atomic E-state index is -1.12. The third-order valence-corrected chi connectivity index (χ3v) is 6.05. The Bertz CT molecular complexity index is 1270. The summed E-state index contributed by atoms with van der Waals surface area (Å²) in [6.07, 6.45) is 0. The molecular formula is C21H17N3O5S. The van der Waals surface area contributed by atoms with E-state index in [0.717, 1.165) is 16.3 Å². The van der Waals surface area contributed by atoms with Gasteiger partial charge in [-0.2, -0.15) is 0 Å². The first kappa shape index (κ1) is 19.7. The molecule has 4 rings (SSSR count). The summed E-state index contributed by atoms with van der Waals surface area (Å²) in [6.45, 7) is 0. The van der Waals surface area contributed by atoms with Crippen LogP contribution in [0.3, 0.4) is 0 Å². The van der Waals surface area contributed by atoms with Gasteiger partial charge in [-0.25, -0.2) is 9.36 Å². The number of rotatable bonds is 4. The Kier molecular flexibility index (Phi) is 5.04. The molecule has 152 valence electrons. The quantitative estimate of drug-likeness (QED) is 0.622. The topological polar surface area (TPSA) is 112 Å². The molecule has 0 saturated carbocycles. The summed E-state index contributed by atoms with van der Waals surface area (Å²) in [7, 11) is 1.63. The molecule has 0 aliphatic carbocycles. The number of amides is 1. The number of nitrogens with zero attached hydrogens (tertiary/aromatic N) is 2. The minimum Gasteiger partial charge on any atom is -0.481 e. The molecule has 1 unspecified atom stereocenters. The number of hydrogen-bond acceptors (Lipinski definition) is 5. The Morgan fingerprint density at radius 2 is 1.87 bits per heavy atom. The second-order valence-electron chi connectivity index (χ2n) is 6.77. The van der Waals surface area contributed by atoms with Crippen molar-refractivity contribution in [1.82, 2.24) is 9.55 Å². The number of carbonyl (C=O) groups is 2. The summed E-state index contributed by atoms with van der Waals surface area (Å²) in [4.78, 5) is 54.0. The molecule has 1 aliphatic heterocycles. The van der Waals surface area contributed by atoms with Gasteiger partial charge in [0.1, 0.15) is 0 Å². The highest BCUT2D eigenvalue weighted by atomic mass is 32.2. The zero-order chi connectivity index (χ0) is 21.4. The van der Waals surface area contributed by atoms with E-state index in [1.807, 2.05) is 18.2 Å². The van der Waals surface area contributed by atoms with Crippen LogP contribution in [-0.2, 0) is 4.79 Å². The van der Waals surface area contributed by atoms with Crippen molar-refractivity contribution in [3.63, 3.8) is 0 Å². The predicted molar refractivity (Wildman–Crippen MR) is 113 cm³/mol. The summed E-state index contributed by atoms with van der Waals surface area (Å²) in [5.74, 6) is -2.24. The van der Waals surface area contributed by atoms with Gasteiger partial charge in [-0.1, -0.05) is 24.3 Å². The van der Waals surface area contributed by atoms with Gasteiger partial charge in [0.05, 0.1) is 22.2 Å². The van der Waals surface area contributed by atoms with Crippen molar-refractivity contribution in [3.8, 4) is 5.69 Å². The van der Waals surface area contributed by atoms with Crippen molar-refractivity contribution < 1.29 is 14.7 Å². The monoisotopic (exact) mass is 423 g/mol. The maximum absolute atomic E-state index is 13.0. The fraction of sp³-hybridized carbons (Fsp3) is 0.143. The number of nitrogens with one attached hydrogen (secondary N) is 1. The number of fused-ring (bicyclic) bond motifs is 1. The van der Waals surface area contributed by atoms with Crippen molar-refractivity contribution in [2.45, 2.75) is 10.9 Å². The molecule has 1 aliphatic rings. The van der Waals surface area contributed by atoms with E-state index in [9.17, 15) is 24.3 Å². The number of carboxylic acids is 1. The van der Waals surface area contributed by atoms with E-state index in [0.29, 0.717) is 5.69 Å². The van der Waals surface area contributed by atoms with Crippen LogP contribution >= 0.6 is 11.8 Å². The van der Waals surface area contributed by atoms with Gasteiger partial charge < -0.3 is 15.0 Å². The lowest BCUT2D eigenvalue weighted by Crippen LogP contribution is -2.37. The average molecular weight is 423 g/mol. The lowest BCUT2D eigenvalue weighted by atomic mass is 10.1. The first-order chi connectivity index (χ1) is 14.4. The number of hydrogen-bond donors (Lipinski definition) is 2. The number of H-pyrrole nitrogens is 1. The van der Waals surface area contributed by atoms with Crippen molar-refractivity contribution in [2.24, 2.45) is 0 Å². The molecule has 8 nitrogen and oxygen atoms in total.